The van der Waals surface area contributed by atoms with Gasteiger partial charge >= 0.3 is 5.97 Å². The van der Waals surface area contributed by atoms with Crippen LogP contribution in [0.1, 0.15) is 54.5 Å². The van der Waals surface area contributed by atoms with E-state index in [1.807, 2.05) is 33.8 Å². The molecule has 0 radical (unpaired) electrons. The molecule has 7 nitrogen and oxygen atoms in total. The lowest BCUT2D eigenvalue weighted by Gasteiger charge is -2.29. The van der Waals surface area contributed by atoms with E-state index in [1.54, 1.807) is 23.8 Å². The Hall–Kier alpha value is -1.80. The fourth-order valence-electron chi connectivity index (χ4n) is 4.36. The average molecular weight is 409 g/mol. The highest BCUT2D eigenvalue weighted by atomic mass is 32.2. The fourth-order valence-corrected chi connectivity index (χ4v) is 5.78. The van der Waals surface area contributed by atoms with Gasteiger partial charge in [-0.25, -0.2) is 4.79 Å². The number of hydrogen-bond donors (Lipinski definition) is 0. The van der Waals surface area contributed by atoms with Crippen LogP contribution in [0.5, 0.6) is 0 Å². The maximum Gasteiger partial charge on any atom is 0.330 e. The lowest BCUT2D eigenvalue weighted by Crippen LogP contribution is -2.46. The molecule has 1 amide bonds. The third kappa shape index (κ3) is 3.59. The number of Topliss-reactive ketones (excluding diaryl/α,β-unsaturated/α-hetero) is 1. The van der Waals surface area contributed by atoms with E-state index >= 15 is 0 Å². The Balaban J connectivity index is 1.66. The quantitative estimate of drug-likeness (QED) is 0.510. The zero-order valence-corrected chi connectivity index (χ0v) is 17.9. The predicted molar refractivity (Wildman–Crippen MR) is 107 cm³/mol. The number of ether oxygens (including phenoxy) is 2. The standard InChI is InChI=1S/C20H28N2O5S/c1-12-8-15(14(3)21(12)13(2)9-26-5)17(23)10-27-19(25)16-11-28-20(4)7-6-18(24)22(16)20/h8,13,16H,6-7,9-11H2,1-5H3/t13-,16+,20-/m0/s1. The molecular formula is C20H28N2O5S. The van der Waals surface area contributed by atoms with Gasteiger partial charge < -0.3 is 18.9 Å². The Bertz CT molecular complexity index is 805. The van der Waals surface area contributed by atoms with E-state index in [0.717, 1.165) is 17.8 Å². The van der Waals surface area contributed by atoms with Crippen molar-refractivity contribution in [1.82, 2.24) is 9.47 Å². The molecule has 0 unspecified atom stereocenters. The molecule has 28 heavy (non-hydrogen) atoms. The van der Waals surface area contributed by atoms with Gasteiger partial charge in [-0.15, -0.1) is 11.8 Å². The number of hydrogen-bond acceptors (Lipinski definition) is 6. The molecule has 1 aromatic rings. The summed E-state index contributed by atoms with van der Waals surface area (Å²) < 4.78 is 12.6. The highest BCUT2D eigenvalue weighted by Crippen LogP contribution is 2.47. The fraction of sp³-hybridized carbons (Fsp3) is 0.650. The first kappa shape index (κ1) is 20.9. The second-order valence-corrected chi connectivity index (χ2v) is 9.26. The van der Waals surface area contributed by atoms with Crippen LogP contribution in [0.4, 0.5) is 0 Å². The number of methoxy groups -OCH3 is 1. The number of amides is 1. The average Bonchev–Trinajstić information content (AvgIpc) is 3.24. The number of carbonyl (C=O) groups excluding carboxylic acids is 3. The third-order valence-electron chi connectivity index (χ3n) is 5.70. The zero-order chi connectivity index (χ0) is 20.6. The molecule has 2 aliphatic rings. The highest BCUT2D eigenvalue weighted by Gasteiger charge is 2.53. The summed E-state index contributed by atoms with van der Waals surface area (Å²) in [6, 6.07) is 1.32. The van der Waals surface area contributed by atoms with Gasteiger partial charge in [0, 0.05) is 36.2 Å². The zero-order valence-electron chi connectivity index (χ0n) is 17.1. The number of aryl methyl sites for hydroxylation is 1. The first-order valence-electron chi connectivity index (χ1n) is 9.53. The van der Waals surface area contributed by atoms with E-state index in [0.29, 0.717) is 24.3 Å². The van der Waals surface area contributed by atoms with Crippen LogP contribution in [0.25, 0.3) is 0 Å². The minimum Gasteiger partial charge on any atom is -0.456 e. The van der Waals surface area contributed by atoms with Crippen LogP contribution in [-0.4, -0.2) is 64.1 Å². The van der Waals surface area contributed by atoms with Gasteiger partial charge in [-0.1, -0.05) is 0 Å². The van der Waals surface area contributed by atoms with E-state index in [9.17, 15) is 14.4 Å². The van der Waals surface area contributed by atoms with Crippen molar-refractivity contribution in [2.24, 2.45) is 0 Å². The summed E-state index contributed by atoms with van der Waals surface area (Å²) in [5, 5.41) is 0. The number of thioether (sulfide) groups is 1. The van der Waals surface area contributed by atoms with Crippen molar-refractivity contribution >= 4 is 29.4 Å². The van der Waals surface area contributed by atoms with Gasteiger partial charge in [-0.2, -0.15) is 0 Å². The molecule has 2 saturated heterocycles. The molecule has 3 heterocycles. The molecule has 3 rings (SSSR count). The minimum absolute atomic E-state index is 0.0172. The molecule has 3 atom stereocenters. The van der Waals surface area contributed by atoms with Crippen LogP contribution in [0, 0.1) is 13.8 Å². The van der Waals surface area contributed by atoms with Crippen LogP contribution >= 0.6 is 11.8 Å². The van der Waals surface area contributed by atoms with E-state index in [1.165, 1.54) is 0 Å². The summed E-state index contributed by atoms with van der Waals surface area (Å²) >= 11 is 1.61. The molecule has 0 bridgehead atoms. The Morgan fingerprint density at radius 3 is 2.79 bits per heavy atom. The topological polar surface area (TPSA) is 77.8 Å². The van der Waals surface area contributed by atoms with Gasteiger partial charge in [0.2, 0.25) is 11.7 Å². The van der Waals surface area contributed by atoms with Gasteiger partial charge in [-0.05, 0) is 40.2 Å². The summed E-state index contributed by atoms with van der Waals surface area (Å²) in [7, 11) is 1.65. The second-order valence-electron chi connectivity index (χ2n) is 7.76. The monoisotopic (exact) mass is 408 g/mol. The van der Waals surface area contributed by atoms with Crippen molar-refractivity contribution in [3.8, 4) is 0 Å². The molecule has 2 fully saturated rings. The number of esters is 1. The van der Waals surface area contributed by atoms with Crippen molar-refractivity contribution in [1.29, 1.82) is 0 Å². The molecule has 0 aliphatic carbocycles. The number of ketones is 1. The van der Waals surface area contributed by atoms with Crippen LogP contribution in [0.2, 0.25) is 0 Å². The van der Waals surface area contributed by atoms with Gasteiger partial charge in [0.15, 0.2) is 6.61 Å². The number of fused-ring (bicyclic) bond motifs is 1. The largest absolute Gasteiger partial charge is 0.456 e. The Kier molecular flexibility index (Phi) is 5.91. The predicted octanol–water partition coefficient (Wildman–Crippen LogP) is 2.49. The van der Waals surface area contributed by atoms with E-state index in [2.05, 4.69) is 4.57 Å². The maximum atomic E-state index is 12.7. The molecule has 0 N–H and O–H groups in total. The van der Waals surface area contributed by atoms with Crippen LogP contribution in [0.3, 0.4) is 0 Å². The molecule has 0 spiro atoms. The lowest BCUT2D eigenvalue weighted by atomic mass is 10.1. The second kappa shape index (κ2) is 7.91. The number of aromatic nitrogens is 1. The van der Waals surface area contributed by atoms with Gasteiger partial charge in [-0.3, -0.25) is 9.59 Å². The molecule has 8 heteroatoms. The molecule has 2 aliphatic heterocycles. The number of nitrogens with zero attached hydrogens (tertiary/aromatic N) is 2. The molecular weight excluding hydrogens is 380 g/mol. The molecule has 1 aromatic heterocycles. The first-order valence-corrected chi connectivity index (χ1v) is 10.5. The summed E-state index contributed by atoms with van der Waals surface area (Å²) in [5.74, 6) is -0.241. The van der Waals surface area contributed by atoms with Crippen molar-refractivity contribution in [2.75, 3.05) is 26.1 Å². The number of carbonyl (C=O) groups is 3. The normalized spacial score (nSPS) is 25.1. The molecule has 154 valence electrons. The Morgan fingerprint density at radius 1 is 1.39 bits per heavy atom. The van der Waals surface area contributed by atoms with Crippen LogP contribution in [0.15, 0.2) is 6.07 Å². The third-order valence-corrected chi connectivity index (χ3v) is 7.20. The van der Waals surface area contributed by atoms with E-state index in [4.69, 9.17) is 9.47 Å². The molecule has 0 aromatic carbocycles. The molecule has 0 saturated carbocycles. The lowest BCUT2D eigenvalue weighted by molar-refractivity contribution is -0.152. The summed E-state index contributed by atoms with van der Waals surface area (Å²) in [6.45, 7) is 8.06. The maximum absolute atomic E-state index is 12.7. The van der Waals surface area contributed by atoms with Crippen molar-refractivity contribution in [3.05, 3.63) is 23.0 Å². The summed E-state index contributed by atoms with van der Waals surface area (Å²) in [5.41, 5.74) is 2.35. The van der Waals surface area contributed by atoms with Crippen molar-refractivity contribution in [2.45, 2.75) is 57.5 Å². The minimum atomic E-state index is -0.605. The van der Waals surface area contributed by atoms with E-state index in [-0.39, 0.29) is 29.2 Å². The summed E-state index contributed by atoms with van der Waals surface area (Å²) in [4.78, 5) is 38.7. The van der Waals surface area contributed by atoms with Gasteiger partial charge in [0.1, 0.15) is 6.04 Å². The van der Waals surface area contributed by atoms with Crippen molar-refractivity contribution < 1.29 is 23.9 Å². The van der Waals surface area contributed by atoms with Gasteiger partial charge in [0.25, 0.3) is 0 Å². The highest BCUT2D eigenvalue weighted by molar-refractivity contribution is 8.01. The van der Waals surface area contributed by atoms with E-state index < -0.39 is 12.0 Å². The van der Waals surface area contributed by atoms with Crippen molar-refractivity contribution in [3.63, 3.8) is 0 Å². The first-order chi connectivity index (χ1) is 13.2. The Labute approximate surface area is 169 Å². The van der Waals surface area contributed by atoms with Crippen LogP contribution in [-0.2, 0) is 19.1 Å². The Morgan fingerprint density at radius 2 is 2.11 bits per heavy atom. The number of rotatable bonds is 7. The summed E-state index contributed by atoms with van der Waals surface area (Å²) in [6.07, 6.45) is 1.20. The van der Waals surface area contributed by atoms with Crippen LogP contribution < -0.4 is 0 Å². The smallest absolute Gasteiger partial charge is 0.330 e. The SMILES string of the molecule is COC[C@H](C)n1c(C)cc(C(=O)COC(=O)[C@H]2CS[C@@]3(C)CCC(=O)N23)c1C. The van der Waals surface area contributed by atoms with Gasteiger partial charge in [0.05, 0.1) is 17.5 Å².